The van der Waals surface area contributed by atoms with Crippen LogP contribution in [0.2, 0.25) is 0 Å². The minimum atomic E-state index is -2.93. The van der Waals surface area contributed by atoms with Gasteiger partial charge in [-0.1, -0.05) is 12.8 Å². The van der Waals surface area contributed by atoms with Crippen molar-refractivity contribution < 1.29 is 8.42 Å². The summed E-state index contributed by atoms with van der Waals surface area (Å²) in [6.07, 6.45) is 4.98. The van der Waals surface area contributed by atoms with E-state index in [2.05, 4.69) is 6.07 Å². The molecule has 3 nitrogen and oxygen atoms in total. The van der Waals surface area contributed by atoms with E-state index in [1.165, 1.54) is 0 Å². The SMILES string of the molecule is N#CC1(C2CCCC2)CCS(=O)(=O)C1. The van der Waals surface area contributed by atoms with Crippen molar-refractivity contribution in [1.82, 2.24) is 0 Å². The van der Waals surface area contributed by atoms with E-state index in [9.17, 15) is 13.7 Å². The lowest BCUT2D eigenvalue weighted by Crippen LogP contribution is -2.28. The van der Waals surface area contributed by atoms with Gasteiger partial charge in [0.25, 0.3) is 0 Å². The molecule has 1 saturated carbocycles. The first-order valence-corrected chi connectivity index (χ1v) is 7.02. The summed E-state index contributed by atoms with van der Waals surface area (Å²) >= 11 is 0. The highest BCUT2D eigenvalue weighted by Crippen LogP contribution is 2.46. The number of nitrogens with zero attached hydrogens (tertiary/aromatic N) is 1. The molecule has 0 N–H and O–H groups in total. The fraction of sp³-hybridized carbons (Fsp3) is 0.900. The molecule has 4 heteroatoms. The topological polar surface area (TPSA) is 57.9 Å². The maximum absolute atomic E-state index is 11.4. The molecule has 2 fully saturated rings. The minimum absolute atomic E-state index is 0.112. The average molecular weight is 213 g/mol. The van der Waals surface area contributed by atoms with Crippen LogP contribution in [0, 0.1) is 22.7 Å². The van der Waals surface area contributed by atoms with E-state index < -0.39 is 15.3 Å². The van der Waals surface area contributed by atoms with Gasteiger partial charge in [-0.05, 0) is 25.2 Å². The van der Waals surface area contributed by atoms with E-state index >= 15 is 0 Å². The molecule has 1 atom stereocenters. The zero-order valence-corrected chi connectivity index (χ0v) is 9.02. The van der Waals surface area contributed by atoms with Crippen LogP contribution < -0.4 is 0 Å². The zero-order chi connectivity index (χ0) is 10.2. The second kappa shape index (κ2) is 3.23. The number of hydrogen-bond acceptors (Lipinski definition) is 3. The van der Waals surface area contributed by atoms with Gasteiger partial charge in [0.15, 0.2) is 9.84 Å². The highest BCUT2D eigenvalue weighted by atomic mass is 32.2. The maximum Gasteiger partial charge on any atom is 0.151 e. The Hall–Kier alpha value is -0.560. The maximum atomic E-state index is 11.4. The third-order valence-corrected chi connectivity index (χ3v) is 5.48. The molecule has 1 unspecified atom stereocenters. The van der Waals surface area contributed by atoms with Gasteiger partial charge in [0, 0.05) is 0 Å². The Morgan fingerprint density at radius 2 is 1.93 bits per heavy atom. The first-order valence-electron chi connectivity index (χ1n) is 5.20. The quantitative estimate of drug-likeness (QED) is 0.663. The van der Waals surface area contributed by atoms with Gasteiger partial charge in [0.2, 0.25) is 0 Å². The summed E-state index contributed by atoms with van der Waals surface area (Å²) in [5.41, 5.74) is -0.532. The van der Waals surface area contributed by atoms with Gasteiger partial charge in [-0.3, -0.25) is 0 Å². The molecule has 0 radical (unpaired) electrons. The molecule has 1 heterocycles. The van der Waals surface area contributed by atoms with Crippen LogP contribution in [0.5, 0.6) is 0 Å². The standard InChI is InChI=1S/C10H15NO2S/c11-7-10(9-3-1-2-4-9)5-6-14(12,13)8-10/h9H,1-6,8H2. The molecule has 0 aromatic carbocycles. The summed E-state index contributed by atoms with van der Waals surface area (Å²) < 4.78 is 22.8. The minimum Gasteiger partial charge on any atom is -0.229 e. The molecule has 14 heavy (non-hydrogen) atoms. The molecule has 0 aromatic heterocycles. The Morgan fingerprint density at radius 3 is 2.36 bits per heavy atom. The van der Waals surface area contributed by atoms with Gasteiger partial charge >= 0.3 is 0 Å². The second-order valence-electron chi connectivity index (χ2n) is 4.59. The summed E-state index contributed by atoms with van der Waals surface area (Å²) in [5, 5.41) is 9.19. The molecule has 0 bridgehead atoms. The summed E-state index contributed by atoms with van der Waals surface area (Å²) in [6.45, 7) is 0. The van der Waals surface area contributed by atoms with Gasteiger partial charge in [0.05, 0.1) is 23.0 Å². The molecule has 78 valence electrons. The third kappa shape index (κ3) is 1.54. The lowest BCUT2D eigenvalue weighted by Gasteiger charge is -2.26. The summed E-state index contributed by atoms with van der Waals surface area (Å²) in [5.74, 6) is 0.669. The van der Waals surface area contributed by atoms with Gasteiger partial charge in [-0.25, -0.2) is 8.42 Å². The van der Waals surface area contributed by atoms with Crippen molar-refractivity contribution in [3.8, 4) is 6.07 Å². The smallest absolute Gasteiger partial charge is 0.151 e. The van der Waals surface area contributed by atoms with E-state index in [4.69, 9.17) is 0 Å². The fourth-order valence-electron chi connectivity index (χ4n) is 2.85. The molecule has 2 rings (SSSR count). The van der Waals surface area contributed by atoms with Crippen LogP contribution in [0.25, 0.3) is 0 Å². The van der Waals surface area contributed by atoms with E-state index in [-0.39, 0.29) is 11.5 Å². The van der Waals surface area contributed by atoms with Gasteiger partial charge in [0.1, 0.15) is 0 Å². The lowest BCUT2D eigenvalue weighted by atomic mass is 9.75. The largest absolute Gasteiger partial charge is 0.229 e. The third-order valence-electron chi connectivity index (χ3n) is 3.70. The Bertz CT molecular complexity index is 362. The Balaban J connectivity index is 2.24. The molecule has 1 saturated heterocycles. The van der Waals surface area contributed by atoms with Crippen LogP contribution in [0.4, 0.5) is 0 Å². The van der Waals surface area contributed by atoms with E-state index in [1.54, 1.807) is 0 Å². The Morgan fingerprint density at radius 1 is 1.29 bits per heavy atom. The normalized spacial score (nSPS) is 37.1. The van der Waals surface area contributed by atoms with Crippen molar-refractivity contribution in [3.05, 3.63) is 0 Å². The monoisotopic (exact) mass is 213 g/mol. The Kier molecular flexibility index (Phi) is 2.30. The average Bonchev–Trinajstić information content (AvgIpc) is 2.72. The molecule has 1 aliphatic carbocycles. The van der Waals surface area contributed by atoms with Crippen LogP contribution in [0.3, 0.4) is 0 Å². The molecular formula is C10H15NO2S. The lowest BCUT2D eigenvalue weighted by molar-refractivity contribution is 0.278. The fourth-order valence-corrected chi connectivity index (χ4v) is 4.90. The number of nitriles is 1. The molecule has 0 amide bonds. The van der Waals surface area contributed by atoms with E-state index in [0.717, 1.165) is 25.7 Å². The second-order valence-corrected chi connectivity index (χ2v) is 6.78. The van der Waals surface area contributed by atoms with Crippen LogP contribution in [-0.4, -0.2) is 19.9 Å². The summed E-state index contributed by atoms with van der Waals surface area (Å²) in [6, 6.07) is 2.30. The molecule has 1 aliphatic heterocycles. The first kappa shape index (κ1) is 9.97. The highest BCUT2D eigenvalue weighted by Gasteiger charge is 2.48. The Labute approximate surface area is 85.0 Å². The van der Waals surface area contributed by atoms with Crippen LogP contribution in [-0.2, 0) is 9.84 Å². The van der Waals surface area contributed by atoms with Crippen molar-refractivity contribution >= 4 is 9.84 Å². The first-order chi connectivity index (χ1) is 6.58. The summed E-state index contributed by atoms with van der Waals surface area (Å²) in [4.78, 5) is 0. The van der Waals surface area contributed by atoms with Crippen molar-refractivity contribution in [2.75, 3.05) is 11.5 Å². The van der Waals surface area contributed by atoms with Crippen molar-refractivity contribution in [2.45, 2.75) is 32.1 Å². The van der Waals surface area contributed by atoms with Gasteiger partial charge < -0.3 is 0 Å². The molecule has 2 aliphatic rings. The molecular weight excluding hydrogens is 198 g/mol. The van der Waals surface area contributed by atoms with E-state index in [0.29, 0.717) is 12.3 Å². The van der Waals surface area contributed by atoms with Crippen molar-refractivity contribution in [3.63, 3.8) is 0 Å². The van der Waals surface area contributed by atoms with Crippen LogP contribution in [0.15, 0.2) is 0 Å². The van der Waals surface area contributed by atoms with Crippen LogP contribution >= 0.6 is 0 Å². The number of sulfone groups is 1. The molecule has 0 spiro atoms. The van der Waals surface area contributed by atoms with E-state index in [1.807, 2.05) is 0 Å². The van der Waals surface area contributed by atoms with Crippen molar-refractivity contribution in [2.24, 2.45) is 11.3 Å². The predicted octanol–water partition coefficient (Wildman–Crippen LogP) is 1.51. The highest BCUT2D eigenvalue weighted by molar-refractivity contribution is 7.91. The van der Waals surface area contributed by atoms with Gasteiger partial charge in [-0.2, -0.15) is 5.26 Å². The molecule has 0 aromatic rings. The van der Waals surface area contributed by atoms with Gasteiger partial charge in [-0.15, -0.1) is 0 Å². The zero-order valence-electron chi connectivity index (χ0n) is 8.20. The predicted molar refractivity (Wildman–Crippen MR) is 53.3 cm³/mol. The van der Waals surface area contributed by atoms with Crippen LogP contribution in [0.1, 0.15) is 32.1 Å². The summed E-state index contributed by atoms with van der Waals surface area (Å²) in [7, 11) is -2.93. The number of hydrogen-bond donors (Lipinski definition) is 0. The number of rotatable bonds is 1. The van der Waals surface area contributed by atoms with Crippen molar-refractivity contribution in [1.29, 1.82) is 5.26 Å².